The summed E-state index contributed by atoms with van der Waals surface area (Å²) in [5, 5.41) is 0. The molecule has 0 saturated carbocycles. The molecule has 0 aliphatic carbocycles. The fraction of sp³-hybridized carbons (Fsp3) is 0.542. The van der Waals surface area contributed by atoms with Crippen molar-refractivity contribution in [2.24, 2.45) is 0 Å². The number of carbonyl (C=O) groups excluding carboxylic acids is 3. The smallest absolute Gasteiger partial charge is 0.306 e. The Balaban J connectivity index is 4.60. The van der Waals surface area contributed by atoms with Crippen LogP contribution in [0, 0.1) is 0 Å². The molecule has 0 bridgehead atoms. The van der Waals surface area contributed by atoms with Crippen molar-refractivity contribution in [1.82, 2.24) is 0 Å². The SMILES string of the molecule is CC/C=C\C/C=C\C/C=C\C/C=C\CCCCCCC(=O)OCC(COC(=O)CCCC/C=C\C/C=C\C/C=C\C/C=C\CC)OC(=O)CCCC/C=C\C/C=C\C/C=C\C/C=C\CC. The highest BCUT2D eigenvalue weighted by molar-refractivity contribution is 5.71. The van der Waals surface area contributed by atoms with Gasteiger partial charge in [0.2, 0.25) is 0 Å². The predicted octanol–water partition coefficient (Wildman–Crippen LogP) is 16.9. The van der Waals surface area contributed by atoms with Crippen molar-refractivity contribution in [3.63, 3.8) is 0 Å². The Morgan fingerprint density at radius 1 is 0.308 bits per heavy atom. The highest BCUT2D eigenvalue weighted by Crippen LogP contribution is 2.11. The molecule has 1 atom stereocenters. The van der Waals surface area contributed by atoms with Crippen molar-refractivity contribution in [3.05, 3.63) is 146 Å². The molecule has 0 rings (SSSR count). The minimum absolute atomic E-state index is 0.128. The molecule has 0 aromatic heterocycles. The van der Waals surface area contributed by atoms with E-state index in [2.05, 4.69) is 167 Å². The van der Waals surface area contributed by atoms with Gasteiger partial charge in [0.15, 0.2) is 6.10 Å². The summed E-state index contributed by atoms with van der Waals surface area (Å²) in [5.41, 5.74) is 0. The van der Waals surface area contributed by atoms with Crippen LogP contribution in [-0.4, -0.2) is 37.2 Å². The van der Waals surface area contributed by atoms with Gasteiger partial charge >= 0.3 is 17.9 Å². The zero-order valence-electron chi connectivity index (χ0n) is 41.2. The van der Waals surface area contributed by atoms with Gasteiger partial charge in [0.25, 0.3) is 0 Å². The van der Waals surface area contributed by atoms with Gasteiger partial charge in [-0.1, -0.05) is 179 Å². The fourth-order valence-electron chi connectivity index (χ4n) is 6.12. The lowest BCUT2D eigenvalue weighted by Gasteiger charge is -2.18. The van der Waals surface area contributed by atoms with E-state index < -0.39 is 6.10 Å². The summed E-state index contributed by atoms with van der Waals surface area (Å²) in [6.45, 7) is 6.17. The number of allylic oxidation sites excluding steroid dienone is 24. The first-order chi connectivity index (χ1) is 32.0. The highest BCUT2D eigenvalue weighted by Gasteiger charge is 2.19. The molecule has 1 unspecified atom stereocenters. The Hall–Kier alpha value is -4.71. The molecule has 0 radical (unpaired) electrons. The molecule has 0 saturated heterocycles. The lowest BCUT2D eigenvalue weighted by Crippen LogP contribution is -2.30. The van der Waals surface area contributed by atoms with Crippen LogP contribution < -0.4 is 0 Å². The predicted molar refractivity (Wildman–Crippen MR) is 279 cm³/mol. The first kappa shape index (κ1) is 60.3. The maximum absolute atomic E-state index is 12.8. The van der Waals surface area contributed by atoms with Crippen LogP contribution in [0.25, 0.3) is 0 Å². The molecule has 0 aliphatic heterocycles. The maximum Gasteiger partial charge on any atom is 0.306 e. The van der Waals surface area contributed by atoms with Crippen LogP contribution in [0.1, 0.15) is 188 Å². The van der Waals surface area contributed by atoms with Gasteiger partial charge < -0.3 is 14.2 Å². The summed E-state index contributed by atoms with van der Waals surface area (Å²) in [7, 11) is 0. The average Bonchev–Trinajstić information content (AvgIpc) is 3.30. The highest BCUT2D eigenvalue weighted by atomic mass is 16.6. The number of rotatable bonds is 43. The zero-order valence-corrected chi connectivity index (χ0v) is 41.2. The number of unbranched alkanes of at least 4 members (excludes halogenated alkanes) is 8. The minimum Gasteiger partial charge on any atom is -0.462 e. The molecule has 0 N–H and O–H groups in total. The summed E-state index contributed by atoms with van der Waals surface area (Å²) in [6, 6.07) is 0. The largest absolute Gasteiger partial charge is 0.462 e. The van der Waals surface area contributed by atoms with Gasteiger partial charge in [0.1, 0.15) is 13.2 Å². The Bertz CT molecular complexity index is 1490. The average molecular weight is 895 g/mol. The summed E-state index contributed by atoms with van der Waals surface area (Å²) in [4.78, 5) is 38.0. The van der Waals surface area contributed by atoms with E-state index in [9.17, 15) is 14.4 Å². The normalized spacial score (nSPS) is 13.3. The molecular formula is C59H90O6. The molecule has 6 heteroatoms. The van der Waals surface area contributed by atoms with E-state index in [0.717, 1.165) is 135 Å². The third kappa shape index (κ3) is 50.2. The molecule has 6 nitrogen and oxygen atoms in total. The number of hydrogen-bond acceptors (Lipinski definition) is 6. The summed E-state index contributed by atoms with van der Waals surface area (Å²) >= 11 is 0. The molecule has 0 aliphatic rings. The Labute approximate surface area is 397 Å². The third-order valence-corrected chi connectivity index (χ3v) is 9.82. The quantitative estimate of drug-likeness (QED) is 0.0263. The van der Waals surface area contributed by atoms with Crippen LogP contribution >= 0.6 is 0 Å². The number of carbonyl (C=O) groups is 3. The maximum atomic E-state index is 12.8. The molecular weight excluding hydrogens is 805 g/mol. The van der Waals surface area contributed by atoms with Gasteiger partial charge in [-0.2, -0.15) is 0 Å². The van der Waals surface area contributed by atoms with Gasteiger partial charge in [-0.25, -0.2) is 0 Å². The van der Waals surface area contributed by atoms with E-state index in [1.54, 1.807) is 0 Å². The molecule has 65 heavy (non-hydrogen) atoms. The van der Waals surface area contributed by atoms with Crippen LogP contribution in [0.5, 0.6) is 0 Å². The van der Waals surface area contributed by atoms with E-state index in [-0.39, 0.29) is 44.0 Å². The number of ether oxygens (including phenoxy) is 3. The molecule has 0 aromatic rings. The van der Waals surface area contributed by atoms with E-state index in [0.29, 0.717) is 19.3 Å². The monoisotopic (exact) mass is 895 g/mol. The first-order valence-corrected chi connectivity index (χ1v) is 25.3. The lowest BCUT2D eigenvalue weighted by molar-refractivity contribution is -0.167. The second kappa shape index (κ2) is 51.9. The van der Waals surface area contributed by atoms with E-state index in [4.69, 9.17) is 14.2 Å². The number of esters is 3. The minimum atomic E-state index is -0.833. The second-order valence-electron chi connectivity index (χ2n) is 15.9. The number of hydrogen-bond donors (Lipinski definition) is 0. The molecule has 0 amide bonds. The third-order valence-electron chi connectivity index (χ3n) is 9.82. The Kier molecular flexibility index (Phi) is 48.2. The van der Waals surface area contributed by atoms with Gasteiger partial charge in [-0.05, 0) is 135 Å². The van der Waals surface area contributed by atoms with E-state index in [1.807, 2.05) is 0 Å². The van der Waals surface area contributed by atoms with Crippen molar-refractivity contribution < 1.29 is 28.6 Å². The van der Waals surface area contributed by atoms with Crippen LogP contribution in [0.4, 0.5) is 0 Å². The van der Waals surface area contributed by atoms with Crippen molar-refractivity contribution in [2.45, 2.75) is 194 Å². The van der Waals surface area contributed by atoms with Crippen molar-refractivity contribution in [1.29, 1.82) is 0 Å². The van der Waals surface area contributed by atoms with Gasteiger partial charge in [0.05, 0.1) is 0 Å². The van der Waals surface area contributed by atoms with Gasteiger partial charge in [-0.3, -0.25) is 14.4 Å². The first-order valence-electron chi connectivity index (χ1n) is 25.3. The van der Waals surface area contributed by atoms with E-state index >= 15 is 0 Å². The van der Waals surface area contributed by atoms with Crippen LogP contribution in [0.15, 0.2) is 146 Å². The molecule has 0 fully saturated rings. The van der Waals surface area contributed by atoms with Gasteiger partial charge in [0, 0.05) is 19.3 Å². The summed E-state index contributed by atoms with van der Waals surface area (Å²) in [6.07, 6.45) is 74.0. The molecule has 0 heterocycles. The van der Waals surface area contributed by atoms with Crippen LogP contribution in [0.3, 0.4) is 0 Å². The topological polar surface area (TPSA) is 78.9 Å². The van der Waals surface area contributed by atoms with Crippen LogP contribution in [0.2, 0.25) is 0 Å². The second-order valence-corrected chi connectivity index (χ2v) is 15.9. The lowest BCUT2D eigenvalue weighted by atomic mass is 10.1. The standard InChI is InChI=1S/C59H90O6/c1-4-7-10-13-16-19-22-25-28-29-32-34-37-40-43-46-49-52-58(61)64-55-56(65-59(62)53-50-47-44-41-38-35-31-27-24-21-18-15-12-9-6-3)54-63-57(60)51-48-45-42-39-36-33-30-26-23-20-17-14-11-8-5-2/h7-12,16-21,25-28,30-32,34,36,38-39,41,56H,4-6,13-15,22-24,29,33,35,37,40,42-55H2,1-3H3/b10-7-,11-8-,12-9-,19-16-,20-17-,21-18-,28-25-,30-26-,31-27-,34-32-,39-36-,41-38-. The fourth-order valence-corrected chi connectivity index (χ4v) is 6.12. The molecule has 0 aromatic carbocycles. The van der Waals surface area contributed by atoms with E-state index in [1.165, 1.54) is 0 Å². The van der Waals surface area contributed by atoms with Crippen LogP contribution in [-0.2, 0) is 28.6 Å². The molecule has 362 valence electrons. The Morgan fingerprint density at radius 3 is 0.877 bits per heavy atom. The van der Waals surface area contributed by atoms with Gasteiger partial charge in [-0.15, -0.1) is 0 Å². The van der Waals surface area contributed by atoms with Crippen molar-refractivity contribution in [3.8, 4) is 0 Å². The molecule has 0 spiro atoms. The summed E-state index contributed by atoms with van der Waals surface area (Å²) < 4.78 is 16.7. The summed E-state index contributed by atoms with van der Waals surface area (Å²) in [5.74, 6) is -1.05. The Morgan fingerprint density at radius 2 is 0.554 bits per heavy atom. The van der Waals surface area contributed by atoms with Crippen molar-refractivity contribution in [2.75, 3.05) is 13.2 Å². The zero-order chi connectivity index (χ0) is 47.2. The van der Waals surface area contributed by atoms with Crippen molar-refractivity contribution >= 4 is 17.9 Å².